The average Bonchev–Trinajstić information content (AvgIpc) is 3.09. The number of nitrogens with one attached hydrogen (secondary N) is 2. The molecule has 3 N–H and O–H groups in total. The van der Waals surface area contributed by atoms with E-state index < -0.39 is 28.5 Å². The minimum atomic E-state index is -4.81. The van der Waals surface area contributed by atoms with Gasteiger partial charge in [0.25, 0.3) is 0 Å². The maximum Gasteiger partial charge on any atom is 0.418 e. The number of urea groups is 1. The Hall–Kier alpha value is -1.76. The molecule has 3 aliphatic rings. The first-order valence-corrected chi connectivity index (χ1v) is 9.38. The number of hydroxylamine groups is 2. The van der Waals surface area contributed by atoms with Crippen molar-refractivity contribution in [1.82, 2.24) is 15.3 Å². The van der Waals surface area contributed by atoms with Gasteiger partial charge in [0.15, 0.2) is 0 Å². The first kappa shape index (κ1) is 18.0. The Morgan fingerprint density at radius 2 is 2.16 bits per heavy atom. The molecule has 3 aliphatic heterocycles. The van der Waals surface area contributed by atoms with Gasteiger partial charge in [0.05, 0.1) is 24.6 Å². The predicted octanol–water partition coefficient (Wildman–Crippen LogP) is -0.348. The number of carbonyl (C=O) groups excluding carboxylic acids is 2. The first-order valence-electron chi connectivity index (χ1n) is 8.01. The van der Waals surface area contributed by atoms with Crippen LogP contribution in [0.25, 0.3) is 0 Å². The minimum absolute atomic E-state index is 0.122. The fourth-order valence-electron chi connectivity index (χ4n) is 3.43. The maximum absolute atomic E-state index is 12.3. The molecule has 0 spiro atoms. The van der Waals surface area contributed by atoms with Crippen molar-refractivity contribution in [2.45, 2.75) is 50.3 Å². The van der Waals surface area contributed by atoms with Crippen molar-refractivity contribution >= 4 is 28.2 Å². The van der Waals surface area contributed by atoms with E-state index in [4.69, 9.17) is 14.7 Å². The van der Waals surface area contributed by atoms with Gasteiger partial charge in [0.2, 0.25) is 5.91 Å². The third kappa shape index (κ3) is 4.08. The lowest BCUT2D eigenvalue weighted by Crippen LogP contribution is -2.51. The van der Waals surface area contributed by atoms with E-state index in [2.05, 4.69) is 9.60 Å². The molecule has 0 saturated carbocycles. The van der Waals surface area contributed by atoms with Crippen LogP contribution in [0.3, 0.4) is 0 Å². The van der Waals surface area contributed by atoms with Crippen LogP contribution < -0.4 is 5.32 Å². The summed E-state index contributed by atoms with van der Waals surface area (Å²) in [4.78, 5) is 25.5. The van der Waals surface area contributed by atoms with Crippen LogP contribution in [0.1, 0.15) is 32.1 Å². The second-order valence-corrected chi connectivity index (χ2v) is 7.32. The lowest BCUT2D eigenvalue weighted by atomic mass is 10.00. The predicted molar refractivity (Wildman–Crippen MR) is 82.8 cm³/mol. The van der Waals surface area contributed by atoms with Gasteiger partial charge in [0, 0.05) is 13.2 Å². The molecule has 2 bridgehead atoms. The van der Waals surface area contributed by atoms with E-state index in [-0.39, 0.29) is 30.8 Å². The summed E-state index contributed by atoms with van der Waals surface area (Å²) in [5, 5.41) is 11.2. The number of ether oxygens (including phenoxy) is 1. The summed E-state index contributed by atoms with van der Waals surface area (Å²) in [7, 11) is -4.81. The number of piperidine rings is 1. The molecular weight excluding hydrogens is 356 g/mol. The molecule has 0 aromatic rings. The number of amides is 3. The average molecular weight is 376 g/mol. The zero-order chi connectivity index (χ0) is 18.2. The van der Waals surface area contributed by atoms with Gasteiger partial charge < -0.3 is 15.0 Å². The third-order valence-corrected chi connectivity index (χ3v) is 4.89. The van der Waals surface area contributed by atoms with E-state index in [1.54, 1.807) is 0 Å². The van der Waals surface area contributed by atoms with E-state index in [0.717, 1.165) is 12.8 Å². The molecule has 1 unspecified atom stereocenters. The highest BCUT2D eigenvalue weighted by atomic mass is 32.3. The van der Waals surface area contributed by atoms with Crippen LogP contribution in [0, 0.1) is 5.41 Å². The molecule has 3 saturated heterocycles. The Labute approximate surface area is 144 Å². The van der Waals surface area contributed by atoms with Gasteiger partial charge in [-0.25, -0.2) is 4.79 Å². The lowest BCUT2D eigenvalue weighted by molar-refractivity contribution is -0.121. The molecule has 25 heavy (non-hydrogen) atoms. The van der Waals surface area contributed by atoms with Crippen molar-refractivity contribution in [3.8, 4) is 0 Å². The maximum atomic E-state index is 12.3. The third-order valence-electron chi connectivity index (χ3n) is 4.54. The standard InChI is InChI=1S/C13H20N4O7S/c14-12(15-11(18)6-9-2-1-5-23-9)10-4-3-8-7-16(10)13(19)17(8)24-25(20,21)22/h8-10H,1-7H2,(H2,14,15,18)(H,20,21,22)/t8-,9?,10-/m1/s1. The zero-order valence-electron chi connectivity index (χ0n) is 13.4. The fourth-order valence-corrected chi connectivity index (χ4v) is 3.82. The van der Waals surface area contributed by atoms with Crippen molar-refractivity contribution in [3.63, 3.8) is 0 Å². The molecule has 3 rings (SSSR count). The van der Waals surface area contributed by atoms with Crippen LogP contribution in [0.5, 0.6) is 0 Å². The highest BCUT2D eigenvalue weighted by Gasteiger charge is 2.48. The Bertz CT molecular complexity index is 676. The Kier molecular flexibility index (Phi) is 4.95. The van der Waals surface area contributed by atoms with Gasteiger partial charge in [-0.15, -0.1) is 4.28 Å². The topological polar surface area (TPSA) is 149 Å². The molecule has 3 amide bonds. The van der Waals surface area contributed by atoms with Gasteiger partial charge in [-0.1, -0.05) is 0 Å². The molecule has 140 valence electrons. The van der Waals surface area contributed by atoms with E-state index in [9.17, 15) is 18.0 Å². The van der Waals surface area contributed by atoms with E-state index in [0.29, 0.717) is 24.5 Å². The van der Waals surface area contributed by atoms with Crippen LogP contribution in [0.2, 0.25) is 0 Å². The first-order chi connectivity index (χ1) is 11.7. The number of hydrogen-bond acceptors (Lipinski definition) is 7. The lowest BCUT2D eigenvalue weighted by Gasteiger charge is -2.30. The SMILES string of the molecule is N=C(NC(=O)CC1CCCO1)[C@H]1CC[C@@H]2CN1C(=O)N2OS(=O)(=O)O. The summed E-state index contributed by atoms with van der Waals surface area (Å²) in [5.74, 6) is -0.472. The molecule has 3 heterocycles. The summed E-state index contributed by atoms with van der Waals surface area (Å²) in [6.45, 7) is 0.786. The Morgan fingerprint density at radius 1 is 1.40 bits per heavy atom. The van der Waals surface area contributed by atoms with Crippen LogP contribution in [0.4, 0.5) is 4.79 Å². The number of nitrogens with zero attached hydrogens (tertiary/aromatic N) is 2. The van der Waals surface area contributed by atoms with Crippen molar-refractivity contribution in [3.05, 3.63) is 0 Å². The monoisotopic (exact) mass is 376 g/mol. The number of carbonyl (C=O) groups is 2. The van der Waals surface area contributed by atoms with Crippen molar-refractivity contribution in [2.75, 3.05) is 13.2 Å². The molecule has 12 heteroatoms. The second kappa shape index (κ2) is 6.86. The zero-order valence-corrected chi connectivity index (χ0v) is 14.2. The highest BCUT2D eigenvalue weighted by molar-refractivity contribution is 7.80. The van der Waals surface area contributed by atoms with Gasteiger partial charge in [-0.05, 0) is 25.7 Å². The molecule has 3 atom stereocenters. The van der Waals surface area contributed by atoms with Gasteiger partial charge >= 0.3 is 16.4 Å². The molecule has 0 aromatic heterocycles. The van der Waals surface area contributed by atoms with E-state index in [1.807, 2.05) is 0 Å². The number of fused-ring (bicyclic) bond motifs is 2. The molecular formula is C13H20N4O7S. The summed E-state index contributed by atoms with van der Waals surface area (Å²) in [6, 6.07) is -1.96. The van der Waals surface area contributed by atoms with Gasteiger partial charge in [-0.3, -0.25) is 14.8 Å². The smallest absolute Gasteiger partial charge is 0.378 e. The number of hydrogen-bond donors (Lipinski definition) is 3. The Balaban J connectivity index is 1.59. The summed E-state index contributed by atoms with van der Waals surface area (Å²) in [5.41, 5.74) is 0. The normalized spacial score (nSPS) is 29.2. The summed E-state index contributed by atoms with van der Waals surface area (Å²) < 4.78 is 40.2. The van der Waals surface area contributed by atoms with E-state index in [1.165, 1.54) is 4.90 Å². The quantitative estimate of drug-likeness (QED) is 0.337. The second-order valence-electron chi connectivity index (χ2n) is 6.31. The minimum Gasteiger partial charge on any atom is -0.378 e. The molecule has 0 radical (unpaired) electrons. The molecule has 11 nitrogen and oxygen atoms in total. The van der Waals surface area contributed by atoms with Crippen molar-refractivity contribution in [1.29, 1.82) is 5.41 Å². The van der Waals surface area contributed by atoms with Crippen LogP contribution in [-0.4, -0.2) is 72.0 Å². The largest absolute Gasteiger partial charge is 0.418 e. The van der Waals surface area contributed by atoms with Crippen molar-refractivity contribution in [2.24, 2.45) is 0 Å². The number of rotatable bonds is 5. The fraction of sp³-hybridized carbons (Fsp3) is 0.769. The number of amidine groups is 1. The summed E-state index contributed by atoms with van der Waals surface area (Å²) >= 11 is 0. The van der Waals surface area contributed by atoms with Crippen LogP contribution in [0.15, 0.2) is 0 Å². The molecule has 0 aromatic carbocycles. The van der Waals surface area contributed by atoms with E-state index >= 15 is 0 Å². The van der Waals surface area contributed by atoms with Gasteiger partial charge in [0.1, 0.15) is 5.84 Å². The highest BCUT2D eigenvalue weighted by Crippen LogP contribution is 2.30. The van der Waals surface area contributed by atoms with Crippen LogP contribution >= 0.6 is 0 Å². The Morgan fingerprint density at radius 3 is 2.80 bits per heavy atom. The van der Waals surface area contributed by atoms with Gasteiger partial charge in [-0.2, -0.15) is 13.5 Å². The molecule has 0 aliphatic carbocycles. The molecule has 3 fully saturated rings. The summed E-state index contributed by atoms with van der Waals surface area (Å²) in [6.07, 6.45) is 2.48. The van der Waals surface area contributed by atoms with Crippen molar-refractivity contribution < 1.29 is 31.6 Å². The van der Waals surface area contributed by atoms with Crippen LogP contribution in [-0.2, 0) is 24.2 Å².